The van der Waals surface area contributed by atoms with Crippen molar-refractivity contribution in [1.82, 2.24) is 14.7 Å². The van der Waals surface area contributed by atoms with Gasteiger partial charge in [0.15, 0.2) is 0 Å². The molecule has 1 unspecified atom stereocenters. The minimum atomic E-state index is -2.80. The van der Waals surface area contributed by atoms with Crippen LogP contribution < -0.4 is 0 Å². The molecule has 0 saturated carbocycles. The standard InChI is InChI=1S/C17H21F2N3/c18-17(19,15-6-2-1-3-7-15)14-21-11-4-8-16(9-13-21)22-12-5-10-20-22/h1-3,5-7,10,12,16H,4,8-9,11,13-14H2. The zero-order chi connectivity index (χ0) is 15.4. The maximum Gasteiger partial charge on any atom is 0.285 e. The lowest BCUT2D eigenvalue weighted by atomic mass is 10.1. The molecule has 0 spiro atoms. The molecule has 0 N–H and O–H groups in total. The zero-order valence-corrected chi connectivity index (χ0v) is 12.5. The first-order valence-corrected chi connectivity index (χ1v) is 7.80. The molecule has 1 atom stereocenters. The first-order valence-electron chi connectivity index (χ1n) is 7.80. The van der Waals surface area contributed by atoms with Crippen LogP contribution in [-0.2, 0) is 5.92 Å². The Morgan fingerprint density at radius 3 is 2.64 bits per heavy atom. The van der Waals surface area contributed by atoms with Gasteiger partial charge >= 0.3 is 0 Å². The van der Waals surface area contributed by atoms with Gasteiger partial charge < -0.3 is 0 Å². The molecule has 2 aromatic rings. The average molecular weight is 305 g/mol. The second kappa shape index (κ2) is 6.57. The van der Waals surface area contributed by atoms with Gasteiger partial charge in [0.05, 0.1) is 12.6 Å². The fourth-order valence-corrected chi connectivity index (χ4v) is 3.11. The van der Waals surface area contributed by atoms with Gasteiger partial charge in [-0.05, 0) is 31.9 Å². The van der Waals surface area contributed by atoms with Gasteiger partial charge in [-0.25, -0.2) is 0 Å². The summed E-state index contributed by atoms with van der Waals surface area (Å²) < 4.78 is 30.7. The van der Waals surface area contributed by atoms with Crippen molar-refractivity contribution in [2.24, 2.45) is 0 Å². The predicted octanol–water partition coefficient (Wildman–Crippen LogP) is 3.70. The highest BCUT2D eigenvalue weighted by Crippen LogP contribution is 2.30. The number of hydrogen-bond donors (Lipinski definition) is 0. The summed E-state index contributed by atoms with van der Waals surface area (Å²) >= 11 is 0. The molecular weight excluding hydrogens is 284 g/mol. The second-order valence-electron chi connectivity index (χ2n) is 5.92. The quantitative estimate of drug-likeness (QED) is 0.859. The Labute approximate surface area is 129 Å². The second-order valence-corrected chi connectivity index (χ2v) is 5.92. The summed E-state index contributed by atoms with van der Waals surface area (Å²) in [5, 5.41) is 4.28. The molecule has 0 aliphatic carbocycles. The maximum absolute atomic E-state index is 14.4. The highest BCUT2D eigenvalue weighted by Gasteiger charge is 2.34. The van der Waals surface area contributed by atoms with Crippen LogP contribution in [0.25, 0.3) is 0 Å². The van der Waals surface area contributed by atoms with Crippen LogP contribution >= 0.6 is 0 Å². The molecule has 1 fully saturated rings. The molecule has 1 aliphatic heterocycles. The Balaban J connectivity index is 1.62. The molecule has 3 nitrogen and oxygen atoms in total. The number of benzene rings is 1. The topological polar surface area (TPSA) is 21.1 Å². The van der Waals surface area contributed by atoms with Gasteiger partial charge in [-0.1, -0.05) is 30.3 Å². The van der Waals surface area contributed by atoms with Gasteiger partial charge in [0.25, 0.3) is 5.92 Å². The van der Waals surface area contributed by atoms with Crippen LogP contribution in [0.5, 0.6) is 0 Å². The van der Waals surface area contributed by atoms with Gasteiger partial charge in [0, 0.05) is 24.5 Å². The molecular formula is C17H21F2N3. The van der Waals surface area contributed by atoms with Crippen molar-refractivity contribution < 1.29 is 8.78 Å². The van der Waals surface area contributed by atoms with Crippen molar-refractivity contribution in [2.75, 3.05) is 19.6 Å². The van der Waals surface area contributed by atoms with E-state index in [1.54, 1.807) is 24.4 Å². The molecule has 3 rings (SSSR count). The van der Waals surface area contributed by atoms with E-state index in [-0.39, 0.29) is 12.1 Å². The van der Waals surface area contributed by atoms with E-state index in [0.29, 0.717) is 12.6 Å². The van der Waals surface area contributed by atoms with E-state index in [1.165, 1.54) is 12.1 Å². The normalized spacial score (nSPS) is 20.7. The van der Waals surface area contributed by atoms with Crippen molar-refractivity contribution in [3.05, 3.63) is 54.4 Å². The van der Waals surface area contributed by atoms with Crippen LogP contribution in [0, 0.1) is 0 Å². The van der Waals surface area contributed by atoms with Gasteiger partial charge in [0.2, 0.25) is 0 Å². The van der Waals surface area contributed by atoms with E-state index in [0.717, 1.165) is 25.8 Å². The number of halogens is 2. The first-order chi connectivity index (χ1) is 10.6. The third-order valence-electron chi connectivity index (χ3n) is 4.31. The monoisotopic (exact) mass is 305 g/mol. The fraction of sp³-hybridized carbons (Fsp3) is 0.471. The SMILES string of the molecule is FC(F)(CN1CCCC(n2cccn2)CC1)c1ccccc1. The maximum atomic E-state index is 14.4. The highest BCUT2D eigenvalue weighted by molar-refractivity contribution is 5.20. The van der Waals surface area contributed by atoms with Crippen molar-refractivity contribution in [1.29, 1.82) is 0 Å². The van der Waals surface area contributed by atoms with Crippen LogP contribution in [0.2, 0.25) is 0 Å². The number of rotatable bonds is 4. The average Bonchev–Trinajstić information content (AvgIpc) is 2.96. The minimum Gasteiger partial charge on any atom is -0.297 e. The summed E-state index contributed by atoms with van der Waals surface area (Å²) in [6, 6.07) is 10.3. The third kappa shape index (κ3) is 3.53. The zero-order valence-electron chi connectivity index (χ0n) is 12.5. The molecule has 0 radical (unpaired) electrons. The molecule has 1 aliphatic rings. The van der Waals surface area contributed by atoms with Crippen molar-refractivity contribution in [3.63, 3.8) is 0 Å². The summed E-state index contributed by atoms with van der Waals surface area (Å²) in [4.78, 5) is 1.89. The first kappa shape index (κ1) is 15.2. The number of nitrogens with zero attached hydrogens (tertiary/aromatic N) is 3. The Morgan fingerprint density at radius 2 is 1.91 bits per heavy atom. The van der Waals surface area contributed by atoms with E-state index in [9.17, 15) is 8.78 Å². The smallest absolute Gasteiger partial charge is 0.285 e. The highest BCUT2D eigenvalue weighted by atomic mass is 19.3. The van der Waals surface area contributed by atoms with E-state index >= 15 is 0 Å². The van der Waals surface area contributed by atoms with Gasteiger partial charge in [-0.3, -0.25) is 9.58 Å². The molecule has 5 heteroatoms. The molecule has 0 bridgehead atoms. The van der Waals surface area contributed by atoms with Gasteiger partial charge in [-0.2, -0.15) is 13.9 Å². The van der Waals surface area contributed by atoms with E-state index in [4.69, 9.17) is 0 Å². The van der Waals surface area contributed by atoms with E-state index < -0.39 is 5.92 Å². The molecule has 2 heterocycles. The molecule has 1 saturated heterocycles. The minimum absolute atomic E-state index is 0.0999. The van der Waals surface area contributed by atoms with Crippen LogP contribution in [0.15, 0.2) is 48.8 Å². The number of hydrogen-bond acceptors (Lipinski definition) is 2. The Kier molecular flexibility index (Phi) is 4.52. The number of alkyl halides is 2. The van der Waals surface area contributed by atoms with Crippen LogP contribution in [0.1, 0.15) is 30.9 Å². The van der Waals surface area contributed by atoms with Crippen molar-refractivity contribution in [3.8, 4) is 0 Å². The molecule has 0 amide bonds. The molecule has 22 heavy (non-hydrogen) atoms. The molecule has 1 aromatic heterocycles. The lowest BCUT2D eigenvalue weighted by Crippen LogP contribution is -2.36. The van der Waals surface area contributed by atoms with Crippen molar-refractivity contribution in [2.45, 2.75) is 31.2 Å². The van der Waals surface area contributed by atoms with Crippen LogP contribution in [0.4, 0.5) is 8.78 Å². The summed E-state index contributed by atoms with van der Waals surface area (Å²) in [7, 11) is 0. The molecule has 1 aromatic carbocycles. The Hall–Kier alpha value is -1.75. The summed E-state index contributed by atoms with van der Waals surface area (Å²) in [6.45, 7) is 1.20. The summed E-state index contributed by atoms with van der Waals surface area (Å²) in [5.74, 6) is -2.80. The van der Waals surface area contributed by atoms with Crippen LogP contribution in [-0.4, -0.2) is 34.3 Å². The van der Waals surface area contributed by atoms with Gasteiger partial charge in [0.1, 0.15) is 0 Å². The number of aromatic nitrogens is 2. The largest absolute Gasteiger partial charge is 0.297 e. The van der Waals surface area contributed by atoms with Gasteiger partial charge in [-0.15, -0.1) is 0 Å². The predicted molar refractivity (Wildman–Crippen MR) is 81.9 cm³/mol. The fourth-order valence-electron chi connectivity index (χ4n) is 3.11. The van der Waals surface area contributed by atoms with Crippen LogP contribution in [0.3, 0.4) is 0 Å². The Morgan fingerprint density at radius 1 is 1.09 bits per heavy atom. The number of likely N-dealkylation sites (tertiary alicyclic amines) is 1. The van der Waals surface area contributed by atoms with Crippen molar-refractivity contribution >= 4 is 0 Å². The summed E-state index contributed by atoms with van der Waals surface area (Å²) in [5.41, 5.74) is 0.0999. The lowest BCUT2D eigenvalue weighted by Gasteiger charge is -2.26. The van der Waals surface area contributed by atoms with E-state index in [1.807, 2.05) is 21.8 Å². The third-order valence-corrected chi connectivity index (χ3v) is 4.31. The summed E-state index contributed by atoms with van der Waals surface area (Å²) in [6.07, 6.45) is 6.52. The lowest BCUT2D eigenvalue weighted by molar-refractivity contribution is -0.0373. The van der Waals surface area contributed by atoms with E-state index in [2.05, 4.69) is 5.10 Å². The Bertz CT molecular complexity index is 569. The molecule has 118 valence electrons.